The van der Waals surface area contributed by atoms with Gasteiger partial charge in [0.25, 0.3) is 0 Å². The molecule has 3 N–H and O–H groups in total. The Hall–Kier alpha value is -1.16. The predicted octanol–water partition coefficient (Wildman–Crippen LogP) is 2.88. The molecule has 1 aromatic carbocycles. The Labute approximate surface area is 146 Å². The molecule has 0 bridgehead atoms. The number of hydrogen-bond donors (Lipinski definition) is 2. The number of nitrogens with two attached hydrogens (primary N) is 1. The van der Waals surface area contributed by atoms with E-state index in [9.17, 15) is 0 Å². The first-order valence-electron chi connectivity index (χ1n) is 9.65. The quantitative estimate of drug-likeness (QED) is 0.810. The van der Waals surface area contributed by atoms with Crippen LogP contribution in [0, 0.1) is 11.3 Å². The van der Waals surface area contributed by atoms with E-state index in [1.54, 1.807) is 5.57 Å². The first-order chi connectivity index (χ1) is 11.7. The van der Waals surface area contributed by atoms with Crippen molar-refractivity contribution in [3.63, 3.8) is 0 Å². The van der Waals surface area contributed by atoms with E-state index >= 15 is 0 Å². The molecule has 1 aromatic rings. The summed E-state index contributed by atoms with van der Waals surface area (Å²) in [5.41, 5.74) is 9.25. The molecule has 4 rings (SSSR count). The maximum atomic E-state index is 5.64. The van der Waals surface area contributed by atoms with E-state index in [-0.39, 0.29) is 0 Å². The van der Waals surface area contributed by atoms with Crippen molar-refractivity contribution in [2.24, 2.45) is 17.1 Å². The molecular formula is C21H31N3. The molecular weight excluding hydrogens is 294 g/mol. The van der Waals surface area contributed by atoms with Crippen LogP contribution in [0.3, 0.4) is 0 Å². The van der Waals surface area contributed by atoms with Gasteiger partial charge in [0.05, 0.1) is 0 Å². The van der Waals surface area contributed by atoms with Gasteiger partial charge in [-0.25, -0.2) is 0 Å². The summed E-state index contributed by atoms with van der Waals surface area (Å²) in [6.45, 7) is 6.74. The third-order valence-electron chi connectivity index (χ3n) is 6.20. The van der Waals surface area contributed by atoms with Gasteiger partial charge in [0.2, 0.25) is 0 Å². The zero-order valence-electron chi connectivity index (χ0n) is 14.9. The topological polar surface area (TPSA) is 41.3 Å². The maximum Gasteiger partial charge on any atom is 0.0142 e. The van der Waals surface area contributed by atoms with Gasteiger partial charge in [-0.15, -0.1) is 0 Å². The number of hydrogen-bond acceptors (Lipinski definition) is 3. The highest BCUT2D eigenvalue weighted by Gasteiger charge is 2.53. The van der Waals surface area contributed by atoms with Gasteiger partial charge in [0.1, 0.15) is 0 Å². The zero-order valence-corrected chi connectivity index (χ0v) is 14.9. The van der Waals surface area contributed by atoms with E-state index in [1.165, 1.54) is 44.3 Å². The third kappa shape index (κ3) is 3.30. The van der Waals surface area contributed by atoms with E-state index in [0.29, 0.717) is 5.41 Å². The Morgan fingerprint density at radius 3 is 2.71 bits per heavy atom. The molecule has 1 saturated heterocycles. The van der Waals surface area contributed by atoms with Crippen molar-refractivity contribution in [2.45, 2.75) is 44.7 Å². The fourth-order valence-corrected chi connectivity index (χ4v) is 4.93. The second-order valence-electron chi connectivity index (χ2n) is 8.20. The molecule has 0 aromatic heterocycles. The normalized spacial score (nSPS) is 29.3. The first-order valence-corrected chi connectivity index (χ1v) is 9.65. The van der Waals surface area contributed by atoms with Crippen LogP contribution in [0.25, 0.3) is 6.08 Å². The summed E-state index contributed by atoms with van der Waals surface area (Å²) >= 11 is 0. The Balaban J connectivity index is 1.24. The lowest BCUT2D eigenvalue weighted by Gasteiger charge is -2.59. The standard InChI is InChI=1S/C21H31N3/c1-2-17(10-16-6-4-3-5-7-16)19-11-20(19)23-18-12-21(13-18)14-24(15-21)9-8-22/h3-7,10,18-20,23H,2,8-9,11-15,22H2,1H3/b17-10+/t19-,20+/m0/s1. The lowest BCUT2D eigenvalue weighted by Crippen LogP contribution is -2.66. The van der Waals surface area contributed by atoms with Crippen molar-refractivity contribution in [3.05, 3.63) is 41.5 Å². The molecule has 3 aliphatic rings. The summed E-state index contributed by atoms with van der Waals surface area (Å²) < 4.78 is 0. The minimum atomic E-state index is 0.644. The summed E-state index contributed by atoms with van der Waals surface area (Å²) in [4.78, 5) is 2.51. The molecule has 0 radical (unpaired) electrons. The van der Waals surface area contributed by atoms with Crippen LogP contribution in [0.2, 0.25) is 0 Å². The van der Waals surface area contributed by atoms with Crippen LogP contribution in [-0.2, 0) is 0 Å². The molecule has 130 valence electrons. The fraction of sp³-hybridized carbons (Fsp3) is 0.619. The molecule has 24 heavy (non-hydrogen) atoms. The molecule has 1 heterocycles. The molecule has 1 aliphatic heterocycles. The summed E-state index contributed by atoms with van der Waals surface area (Å²) in [5, 5.41) is 3.93. The van der Waals surface area contributed by atoms with Gasteiger partial charge in [-0.1, -0.05) is 48.9 Å². The van der Waals surface area contributed by atoms with Crippen LogP contribution in [0.5, 0.6) is 0 Å². The van der Waals surface area contributed by atoms with Crippen LogP contribution < -0.4 is 11.1 Å². The lowest BCUT2D eigenvalue weighted by molar-refractivity contribution is -0.0772. The fourth-order valence-electron chi connectivity index (χ4n) is 4.93. The van der Waals surface area contributed by atoms with Gasteiger partial charge in [0.15, 0.2) is 0 Å². The summed E-state index contributed by atoms with van der Waals surface area (Å²) in [6.07, 6.45) is 7.66. The second kappa shape index (κ2) is 6.62. The number of nitrogens with one attached hydrogen (secondary N) is 1. The number of nitrogens with zero attached hydrogens (tertiary/aromatic N) is 1. The molecule has 1 spiro atoms. The molecule has 2 saturated carbocycles. The van der Waals surface area contributed by atoms with Crippen molar-refractivity contribution in [2.75, 3.05) is 26.2 Å². The van der Waals surface area contributed by atoms with E-state index in [0.717, 1.165) is 31.1 Å². The van der Waals surface area contributed by atoms with Gasteiger partial charge in [-0.2, -0.15) is 0 Å². The Bertz CT molecular complexity index is 580. The monoisotopic (exact) mass is 325 g/mol. The van der Waals surface area contributed by atoms with Crippen LogP contribution in [-0.4, -0.2) is 43.2 Å². The molecule has 0 amide bonds. The molecule has 3 heteroatoms. The third-order valence-corrected chi connectivity index (χ3v) is 6.20. The Morgan fingerprint density at radius 1 is 1.29 bits per heavy atom. The smallest absolute Gasteiger partial charge is 0.0142 e. The molecule has 0 unspecified atom stereocenters. The Morgan fingerprint density at radius 2 is 2.04 bits per heavy atom. The van der Waals surface area contributed by atoms with Gasteiger partial charge < -0.3 is 16.0 Å². The molecule has 3 nitrogen and oxygen atoms in total. The van der Waals surface area contributed by atoms with E-state index in [4.69, 9.17) is 5.73 Å². The van der Waals surface area contributed by atoms with E-state index < -0.39 is 0 Å². The average molecular weight is 326 g/mol. The summed E-state index contributed by atoms with van der Waals surface area (Å²) in [6, 6.07) is 12.2. The largest absolute Gasteiger partial charge is 0.329 e. The second-order valence-corrected chi connectivity index (χ2v) is 8.20. The molecule has 3 fully saturated rings. The van der Waals surface area contributed by atoms with Gasteiger partial charge in [0, 0.05) is 38.3 Å². The van der Waals surface area contributed by atoms with Crippen molar-refractivity contribution in [1.82, 2.24) is 10.2 Å². The van der Waals surface area contributed by atoms with E-state index in [1.807, 2.05) is 0 Å². The first kappa shape index (κ1) is 16.3. The Kier molecular flexibility index (Phi) is 4.50. The highest BCUT2D eigenvalue weighted by molar-refractivity contribution is 5.54. The lowest BCUT2D eigenvalue weighted by atomic mass is 9.60. The SMILES string of the molecule is CC/C(=C\c1ccccc1)[C@@H]1C[C@H]1NC1CC2(C1)CN(CCN)C2. The van der Waals surface area contributed by atoms with Crippen molar-refractivity contribution >= 4 is 6.08 Å². The van der Waals surface area contributed by atoms with Crippen LogP contribution >= 0.6 is 0 Å². The minimum absolute atomic E-state index is 0.644. The predicted molar refractivity (Wildman–Crippen MR) is 101 cm³/mol. The number of rotatable bonds is 7. The maximum absolute atomic E-state index is 5.64. The van der Waals surface area contributed by atoms with Gasteiger partial charge in [-0.3, -0.25) is 0 Å². The summed E-state index contributed by atoms with van der Waals surface area (Å²) in [7, 11) is 0. The number of benzene rings is 1. The van der Waals surface area contributed by atoms with Crippen LogP contribution in [0.15, 0.2) is 35.9 Å². The molecule has 2 atom stereocenters. The highest BCUT2D eigenvalue weighted by atomic mass is 15.2. The van der Waals surface area contributed by atoms with E-state index in [2.05, 4.69) is 53.5 Å². The van der Waals surface area contributed by atoms with Crippen molar-refractivity contribution in [3.8, 4) is 0 Å². The van der Waals surface area contributed by atoms with Gasteiger partial charge in [-0.05, 0) is 42.6 Å². The van der Waals surface area contributed by atoms with Crippen molar-refractivity contribution < 1.29 is 0 Å². The zero-order chi connectivity index (χ0) is 16.6. The van der Waals surface area contributed by atoms with Crippen LogP contribution in [0.1, 0.15) is 38.2 Å². The van der Waals surface area contributed by atoms with Crippen molar-refractivity contribution in [1.29, 1.82) is 0 Å². The number of likely N-dealkylation sites (tertiary alicyclic amines) is 1. The van der Waals surface area contributed by atoms with Gasteiger partial charge >= 0.3 is 0 Å². The average Bonchev–Trinajstić information content (AvgIpc) is 3.28. The summed E-state index contributed by atoms with van der Waals surface area (Å²) in [5.74, 6) is 0.766. The van der Waals surface area contributed by atoms with Crippen LogP contribution in [0.4, 0.5) is 0 Å². The molecule has 2 aliphatic carbocycles. The minimum Gasteiger partial charge on any atom is -0.329 e. The highest BCUT2D eigenvalue weighted by Crippen LogP contribution is 2.50.